The number of hydrogen-bond acceptors (Lipinski definition) is 6. The van der Waals surface area contributed by atoms with Gasteiger partial charge in [0.1, 0.15) is 5.69 Å². The second-order valence-corrected chi connectivity index (χ2v) is 5.04. The first-order chi connectivity index (χ1) is 10.6. The predicted octanol–water partition coefficient (Wildman–Crippen LogP) is 1.08. The summed E-state index contributed by atoms with van der Waals surface area (Å²) in [7, 11) is 0. The molecule has 3 rings (SSSR count). The smallest absolute Gasteiger partial charge is 0.271 e. The molecule has 1 amide bonds. The highest BCUT2D eigenvalue weighted by atomic mass is 16.6. The maximum absolute atomic E-state index is 11.5. The first-order valence-corrected chi connectivity index (χ1v) is 6.82. The summed E-state index contributed by atoms with van der Waals surface area (Å²) >= 11 is 0. The van der Waals surface area contributed by atoms with Gasteiger partial charge in [-0.3, -0.25) is 14.9 Å². The number of amides is 1. The number of nitrogens with one attached hydrogen (secondary N) is 1. The minimum atomic E-state index is -0.734. The summed E-state index contributed by atoms with van der Waals surface area (Å²) < 4.78 is 0. The highest BCUT2D eigenvalue weighted by Crippen LogP contribution is 2.35. The Balaban J connectivity index is 2.17. The van der Waals surface area contributed by atoms with Crippen molar-refractivity contribution >= 4 is 17.3 Å². The van der Waals surface area contributed by atoms with E-state index in [0.29, 0.717) is 5.56 Å². The molecule has 0 spiro atoms. The van der Waals surface area contributed by atoms with Gasteiger partial charge in [0, 0.05) is 36.5 Å². The van der Waals surface area contributed by atoms with Crippen LogP contribution in [0.5, 0.6) is 0 Å². The summed E-state index contributed by atoms with van der Waals surface area (Å²) in [6, 6.07) is 4.53. The fourth-order valence-electron chi connectivity index (χ4n) is 2.65. The van der Waals surface area contributed by atoms with Gasteiger partial charge in [-0.25, -0.2) is 0 Å². The van der Waals surface area contributed by atoms with Crippen molar-refractivity contribution in [3.63, 3.8) is 0 Å². The Hall–Kier alpha value is -2.97. The summed E-state index contributed by atoms with van der Waals surface area (Å²) in [5.74, 6) is -0.734. The van der Waals surface area contributed by atoms with E-state index in [0.717, 1.165) is 31.6 Å². The number of benzene rings is 1. The van der Waals surface area contributed by atoms with Gasteiger partial charge < -0.3 is 10.6 Å². The molecule has 3 N–H and O–H groups in total. The van der Waals surface area contributed by atoms with Crippen LogP contribution in [0.3, 0.4) is 0 Å². The lowest BCUT2D eigenvalue weighted by molar-refractivity contribution is -0.384. The minimum absolute atomic E-state index is 0.0269. The highest BCUT2D eigenvalue weighted by Gasteiger charge is 2.24. The zero-order chi connectivity index (χ0) is 15.7. The highest BCUT2D eigenvalue weighted by molar-refractivity contribution is 5.98. The van der Waals surface area contributed by atoms with E-state index < -0.39 is 10.8 Å². The van der Waals surface area contributed by atoms with Gasteiger partial charge >= 0.3 is 0 Å². The minimum Gasteiger partial charge on any atom is -0.371 e. The number of aromatic nitrogens is 3. The van der Waals surface area contributed by atoms with Crippen molar-refractivity contribution in [2.45, 2.75) is 12.8 Å². The Labute approximate surface area is 125 Å². The quantitative estimate of drug-likeness (QED) is 0.641. The predicted molar refractivity (Wildman–Crippen MR) is 78.4 cm³/mol. The molecule has 114 valence electrons. The fourth-order valence-corrected chi connectivity index (χ4v) is 2.65. The Morgan fingerprint density at radius 2 is 2.05 bits per heavy atom. The number of nitrogens with two attached hydrogens (primary N) is 1. The molecule has 0 radical (unpaired) electrons. The van der Waals surface area contributed by atoms with Crippen LogP contribution in [0.15, 0.2) is 18.2 Å². The fraction of sp³-hybridized carbons (Fsp3) is 0.308. The molecule has 1 aliphatic rings. The molecule has 1 aromatic carbocycles. The second kappa shape index (κ2) is 5.43. The zero-order valence-corrected chi connectivity index (χ0v) is 11.7. The van der Waals surface area contributed by atoms with Gasteiger partial charge in [0.15, 0.2) is 5.69 Å². The van der Waals surface area contributed by atoms with Crippen LogP contribution in [-0.4, -0.2) is 39.3 Å². The van der Waals surface area contributed by atoms with E-state index in [4.69, 9.17) is 5.73 Å². The summed E-state index contributed by atoms with van der Waals surface area (Å²) in [6.07, 6.45) is 2.11. The molecule has 2 aromatic rings. The Morgan fingerprint density at radius 3 is 2.68 bits per heavy atom. The first kappa shape index (κ1) is 14.0. The molecule has 9 heteroatoms. The van der Waals surface area contributed by atoms with Crippen LogP contribution in [0, 0.1) is 10.1 Å². The van der Waals surface area contributed by atoms with Crippen LogP contribution >= 0.6 is 0 Å². The van der Waals surface area contributed by atoms with Gasteiger partial charge in [0.05, 0.1) is 4.92 Å². The van der Waals surface area contributed by atoms with Crippen molar-refractivity contribution in [2.24, 2.45) is 5.73 Å². The van der Waals surface area contributed by atoms with Crippen molar-refractivity contribution in [1.29, 1.82) is 0 Å². The molecule has 1 aliphatic heterocycles. The second-order valence-electron chi connectivity index (χ2n) is 5.04. The van der Waals surface area contributed by atoms with E-state index >= 15 is 0 Å². The molecule has 22 heavy (non-hydrogen) atoms. The third-order valence-electron chi connectivity index (χ3n) is 3.67. The number of hydrogen-bond donors (Lipinski definition) is 2. The van der Waals surface area contributed by atoms with E-state index in [1.54, 1.807) is 6.07 Å². The first-order valence-electron chi connectivity index (χ1n) is 6.82. The zero-order valence-electron chi connectivity index (χ0n) is 11.7. The number of nitrogens with zero attached hydrogens (tertiary/aromatic N) is 4. The Bertz CT molecular complexity index is 735. The molecule has 2 heterocycles. The molecular weight excluding hydrogens is 288 g/mol. The van der Waals surface area contributed by atoms with E-state index in [2.05, 4.69) is 20.3 Å². The topological polar surface area (TPSA) is 131 Å². The molecule has 1 aromatic heterocycles. The number of aromatic amines is 1. The number of primary amides is 1. The molecular formula is C13H14N6O3. The molecule has 0 atom stereocenters. The number of nitro groups is 1. The molecule has 0 unspecified atom stereocenters. The van der Waals surface area contributed by atoms with Crippen molar-refractivity contribution in [3.8, 4) is 11.3 Å². The number of H-pyrrole nitrogens is 1. The average molecular weight is 302 g/mol. The Morgan fingerprint density at radius 1 is 1.32 bits per heavy atom. The summed E-state index contributed by atoms with van der Waals surface area (Å²) in [4.78, 5) is 24.1. The third-order valence-corrected chi connectivity index (χ3v) is 3.67. The number of anilines is 1. The van der Waals surface area contributed by atoms with Crippen LogP contribution in [0.4, 0.5) is 11.4 Å². The van der Waals surface area contributed by atoms with Crippen molar-refractivity contribution in [3.05, 3.63) is 34.0 Å². The van der Waals surface area contributed by atoms with Crippen LogP contribution in [-0.2, 0) is 0 Å². The summed E-state index contributed by atoms with van der Waals surface area (Å²) in [6.45, 7) is 1.71. The number of carbonyl (C=O) groups excluding carboxylic acids is 1. The molecule has 9 nitrogen and oxygen atoms in total. The molecule has 0 aliphatic carbocycles. The van der Waals surface area contributed by atoms with E-state index in [-0.39, 0.29) is 17.1 Å². The normalized spacial score (nSPS) is 14.3. The summed E-state index contributed by atoms with van der Waals surface area (Å²) in [5, 5.41) is 21.1. The van der Waals surface area contributed by atoms with Crippen LogP contribution in [0.1, 0.15) is 23.3 Å². The maximum atomic E-state index is 11.5. The van der Waals surface area contributed by atoms with E-state index in [9.17, 15) is 14.9 Å². The summed E-state index contributed by atoms with van der Waals surface area (Å²) in [5.41, 5.74) is 6.70. The van der Waals surface area contributed by atoms with Gasteiger partial charge in [-0.05, 0) is 18.9 Å². The number of non-ortho nitro benzene ring substituents is 1. The maximum Gasteiger partial charge on any atom is 0.271 e. The van der Waals surface area contributed by atoms with Gasteiger partial charge in [0.25, 0.3) is 11.6 Å². The standard InChI is InChI=1S/C13H14N6O3/c14-13(20)12-11(15-17-16-12)9-7-8(19(21)22)3-4-10(9)18-5-1-2-6-18/h3-4,7H,1-2,5-6H2,(H2,14,20)(H,15,16,17). The molecule has 1 fully saturated rings. The van der Waals surface area contributed by atoms with Crippen molar-refractivity contribution < 1.29 is 9.72 Å². The number of rotatable bonds is 4. The molecule has 1 saturated heterocycles. The van der Waals surface area contributed by atoms with Crippen LogP contribution < -0.4 is 10.6 Å². The lowest BCUT2D eigenvalue weighted by atomic mass is 10.1. The van der Waals surface area contributed by atoms with Crippen molar-refractivity contribution in [2.75, 3.05) is 18.0 Å². The number of nitro benzene ring substituents is 1. The lowest BCUT2D eigenvalue weighted by Crippen LogP contribution is -2.19. The Kier molecular flexibility index (Phi) is 3.45. The van der Waals surface area contributed by atoms with Crippen molar-refractivity contribution in [1.82, 2.24) is 15.4 Å². The molecule has 0 saturated carbocycles. The van der Waals surface area contributed by atoms with E-state index in [1.165, 1.54) is 12.1 Å². The van der Waals surface area contributed by atoms with Gasteiger partial charge in [-0.15, -0.1) is 0 Å². The van der Waals surface area contributed by atoms with Gasteiger partial charge in [-0.2, -0.15) is 15.4 Å². The SMILES string of the molecule is NC(=O)c1n[nH]nc1-c1cc([N+](=O)[O-])ccc1N1CCCC1. The van der Waals surface area contributed by atoms with Crippen LogP contribution in [0.2, 0.25) is 0 Å². The van der Waals surface area contributed by atoms with E-state index in [1.807, 2.05) is 0 Å². The monoisotopic (exact) mass is 302 g/mol. The third kappa shape index (κ3) is 2.36. The lowest BCUT2D eigenvalue weighted by Gasteiger charge is -2.20. The van der Waals surface area contributed by atoms with Gasteiger partial charge in [-0.1, -0.05) is 0 Å². The largest absolute Gasteiger partial charge is 0.371 e. The average Bonchev–Trinajstić information content (AvgIpc) is 3.17. The van der Waals surface area contributed by atoms with Crippen LogP contribution in [0.25, 0.3) is 11.3 Å². The van der Waals surface area contributed by atoms with Gasteiger partial charge in [0.2, 0.25) is 0 Å². The molecule has 0 bridgehead atoms. The number of carbonyl (C=O) groups is 1.